The fourth-order valence-corrected chi connectivity index (χ4v) is 2.01. The van der Waals surface area contributed by atoms with Crippen LogP contribution in [0.15, 0.2) is 18.2 Å². The van der Waals surface area contributed by atoms with E-state index < -0.39 is 0 Å². The summed E-state index contributed by atoms with van der Waals surface area (Å²) in [5.74, 6) is 0. The maximum absolute atomic E-state index is 9.31. The van der Waals surface area contributed by atoms with Crippen molar-refractivity contribution in [3.63, 3.8) is 0 Å². The van der Waals surface area contributed by atoms with E-state index in [1.807, 2.05) is 12.1 Å². The fourth-order valence-electron chi connectivity index (χ4n) is 1.45. The molecule has 0 bridgehead atoms. The number of halogens is 1. The number of nitrogens with one attached hydrogen (secondary N) is 1. The summed E-state index contributed by atoms with van der Waals surface area (Å²) >= 11 is 2.30. The molecule has 1 unspecified atom stereocenters. The zero-order valence-corrected chi connectivity index (χ0v) is 8.71. The Labute approximate surface area is 85.1 Å². The average molecular weight is 275 g/mol. The van der Waals surface area contributed by atoms with E-state index in [4.69, 9.17) is 0 Å². The van der Waals surface area contributed by atoms with Gasteiger partial charge in [-0.15, -0.1) is 0 Å². The van der Waals surface area contributed by atoms with Gasteiger partial charge in [0.05, 0.1) is 0 Å². The number of fused-ring (bicyclic) bond motifs is 1. The van der Waals surface area contributed by atoms with Crippen LogP contribution >= 0.6 is 22.6 Å². The van der Waals surface area contributed by atoms with Crippen molar-refractivity contribution < 1.29 is 5.11 Å². The zero-order valence-electron chi connectivity index (χ0n) is 6.55. The Balaban J connectivity index is 2.37. The maximum Gasteiger partial charge on any atom is 0.124 e. The number of anilines is 1. The van der Waals surface area contributed by atoms with E-state index in [0.29, 0.717) is 0 Å². The van der Waals surface area contributed by atoms with Crippen LogP contribution in [0.3, 0.4) is 0 Å². The van der Waals surface area contributed by atoms with E-state index in [9.17, 15) is 5.11 Å². The van der Waals surface area contributed by atoms with Crippen molar-refractivity contribution in [3.05, 3.63) is 27.3 Å². The lowest BCUT2D eigenvalue weighted by molar-refractivity contribution is 0.189. The second-order valence-corrected chi connectivity index (χ2v) is 4.25. The van der Waals surface area contributed by atoms with Crippen LogP contribution in [0, 0.1) is 3.57 Å². The van der Waals surface area contributed by atoms with Gasteiger partial charge >= 0.3 is 0 Å². The molecule has 0 radical (unpaired) electrons. The molecule has 0 saturated heterocycles. The summed E-state index contributed by atoms with van der Waals surface area (Å²) in [4.78, 5) is 0. The molecule has 0 aliphatic carbocycles. The quantitative estimate of drug-likeness (QED) is 0.709. The molecule has 64 valence electrons. The first-order valence-electron chi connectivity index (χ1n) is 3.99. The van der Waals surface area contributed by atoms with Gasteiger partial charge in [0.2, 0.25) is 0 Å². The Hall–Kier alpha value is -0.290. The highest BCUT2D eigenvalue weighted by molar-refractivity contribution is 14.1. The molecule has 1 atom stereocenters. The molecule has 0 spiro atoms. The summed E-state index contributed by atoms with van der Waals surface area (Å²) in [5.41, 5.74) is 2.39. The fraction of sp³-hybridized carbons (Fsp3) is 0.333. The number of aliphatic hydroxyl groups excluding tert-OH is 1. The van der Waals surface area contributed by atoms with Crippen molar-refractivity contribution >= 4 is 28.3 Å². The standard InChI is InChI=1S/C9H10INO/c10-7-2-3-8-6(5-7)1-4-9(12)11-8/h2-3,5,9,11-12H,1,4H2. The largest absolute Gasteiger partial charge is 0.374 e. The average Bonchev–Trinajstić information content (AvgIpc) is 2.05. The second kappa shape index (κ2) is 3.22. The summed E-state index contributed by atoms with van der Waals surface area (Å²) in [6.07, 6.45) is 1.42. The van der Waals surface area contributed by atoms with Gasteiger partial charge in [-0.3, -0.25) is 0 Å². The molecule has 2 nitrogen and oxygen atoms in total. The van der Waals surface area contributed by atoms with Crippen molar-refractivity contribution in [1.29, 1.82) is 0 Å². The Kier molecular flexibility index (Phi) is 2.23. The summed E-state index contributed by atoms with van der Waals surface area (Å²) in [6.45, 7) is 0. The molecule has 12 heavy (non-hydrogen) atoms. The van der Waals surface area contributed by atoms with Gasteiger partial charge in [0.15, 0.2) is 0 Å². The van der Waals surface area contributed by atoms with Crippen LogP contribution in [0.4, 0.5) is 5.69 Å². The van der Waals surface area contributed by atoms with E-state index >= 15 is 0 Å². The number of benzene rings is 1. The van der Waals surface area contributed by atoms with Crippen LogP contribution in [0.1, 0.15) is 12.0 Å². The van der Waals surface area contributed by atoms with Gasteiger partial charge in [0.25, 0.3) is 0 Å². The van der Waals surface area contributed by atoms with Gasteiger partial charge < -0.3 is 10.4 Å². The minimum atomic E-state index is -0.363. The Morgan fingerprint density at radius 1 is 1.50 bits per heavy atom. The Bertz CT molecular complexity index is 301. The van der Waals surface area contributed by atoms with E-state index in [-0.39, 0.29) is 6.23 Å². The first kappa shape index (κ1) is 8.31. The molecular weight excluding hydrogens is 265 g/mol. The molecule has 1 aliphatic heterocycles. The lowest BCUT2D eigenvalue weighted by atomic mass is 10.0. The number of hydrogen-bond acceptors (Lipinski definition) is 2. The Morgan fingerprint density at radius 2 is 2.33 bits per heavy atom. The van der Waals surface area contributed by atoms with Gasteiger partial charge in [0, 0.05) is 9.26 Å². The molecule has 2 rings (SSSR count). The zero-order chi connectivity index (χ0) is 8.55. The van der Waals surface area contributed by atoms with Gasteiger partial charge in [0.1, 0.15) is 6.23 Å². The highest BCUT2D eigenvalue weighted by atomic mass is 127. The first-order valence-corrected chi connectivity index (χ1v) is 5.06. The first-order chi connectivity index (χ1) is 5.75. The summed E-state index contributed by atoms with van der Waals surface area (Å²) in [5, 5.41) is 12.4. The number of aliphatic hydroxyl groups is 1. The molecule has 0 amide bonds. The number of hydrogen-bond donors (Lipinski definition) is 2. The van der Waals surface area contributed by atoms with Gasteiger partial charge in [-0.2, -0.15) is 0 Å². The van der Waals surface area contributed by atoms with Gasteiger partial charge in [-0.05, 0) is 59.2 Å². The Morgan fingerprint density at radius 3 is 3.17 bits per heavy atom. The molecule has 1 aliphatic rings. The third-order valence-electron chi connectivity index (χ3n) is 2.08. The van der Waals surface area contributed by atoms with Crippen LogP contribution < -0.4 is 5.32 Å². The normalized spacial score (nSPS) is 21.3. The number of aryl methyl sites for hydroxylation is 1. The molecule has 1 aromatic carbocycles. The molecule has 1 heterocycles. The van der Waals surface area contributed by atoms with Crippen molar-refractivity contribution in [2.75, 3.05) is 5.32 Å². The van der Waals surface area contributed by atoms with Crippen molar-refractivity contribution in [2.24, 2.45) is 0 Å². The molecule has 0 saturated carbocycles. The van der Waals surface area contributed by atoms with E-state index in [1.54, 1.807) is 0 Å². The van der Waals surface area contributed by atoms with Crippen LogP contribution in [0.25, 0.3) is 0 Å². The van der Waals surface area contributed by atoms with Crippen LogP contribution in [0.5, 0.6) is 0 Å². The monoisotopic (exact) mass is 275 g/mol. The van der Waals surface area contributed by atoms with E-state index in [0.717, 1.165) is 18.5 Å². The minimum Gasteiger partial charge on any atom is -0.374 e. The molecule has 2 N–H and O–H groups in total. The highest BCUT2D eigenvalue weighted by Gasteiger charge is 2.14. The summed E-state index contributed by atoms with van der Waals surface area (Å²) in [7, 11) is 0. The molecule has 3 heteroatoms. The summed E-state index contributed by atoms with van der Waals surface area (Å²) < 4.78 is 1.25. The van der Waals surface area contributed by atoms with Crippen molar-refractivity contribution in [2.45, 2.75) is 19.1 Å². The van der Waals surface area contributed by atoms with Gasteiger partial charge in [-0.25, -0.2) is 0 Å². The predicted molar refractivity (Wildman–Crippen MR) is 57.1 cm³/mol. The molecular formula is C9H10INO. The maximum atomic E-state index is 9.31. The lowest BCUT2D eigenvalue weighted by Crippen LogP contribution is -2.24. The molecule has 0 fully saturated rings. The SMILES string of the molecule is OC1CCc2cc(I)ccc2N1. The van der Waals surface area contributed by atoms with Gasteiger partial charge in [-0.1, -0.05) is 0 Å². The molecule has 1 aromatic rings. The minimum absolute atomic E-state index is 0.363. The highest BCUT2D eigenvalue weighted by Crippen LogP contribution is 2.25. The van der Waals surface area contributed by atoms with E-state index in [1.165, 1.54) is 9.13 Å². The third-order valence-corrected chi connectivity index (χ3v) is 2.75. The van der Waals surface area contributed by atoms with Crippen molar-refractivity contribution in [1.82, 2.24) is 0 Å². The lowest BCUT2D eigenvalue weighted by Gasteiger charge is -2.22. The van der Waals surface area contributed by atoms with Crippen LogP contribution in [0.2, 0.25) is 0 Å². The smallest absolute Gasteiger partial charge is 0.124 e. The summed E-state index contributed by atoms with van der Waals surface area (Å²) in [6, 6.07) is 6.23. The molecule has 0 aromatic heterocycles. The van der Waals surface area contributed by atoms with Crippen molar-refractivity contribution in [3.8, 4) is 0 Å². The van der Waals surface area contributed by atoms with Crippen LogP contribution in [-0.4, -0.2) is 11.3 Å². The van der Waals surface area contributed by atoms with E-state index in [2.05, 4.69) is 34.0 Å². The topological polar surface area (TPSA) is 32.3 Å². The van der Waals surface area contributed by atoms with Crippen LogP contribution in [-0.2, 0) is 6.42 Å². The predicted octanol–water partition coefficient (Wildman–Crippen LogP) is 1.97. The second-order valence-electron chi connectivity index (χ2n) is 3.00. The third kappa shape index (κ3) is 1.56. The number of rotatable bonds is 0.